The Morgan fingerprint density at radius 2 is 1.49 bits per heavy atom. The van der Waals surface area contributed by atoms with Gasteiger partial charge in [0.1, 0.15) is 5.82 Å². The number of methoxy groups -OCH3 is 3. The number of hydrogen-bond donors (Lipinski definition) is 0. The molecule has 1 amide bonds. The van der Waals surface area contributed by atoms with Gasteiger partial charge in [-0.2, -0.15) is 4.31 Å². The molecule has 0 N–H and O–H groups in total. The Morgan fingerprint density at radius 3 is 2.03 bits per heavy atom. The fraction of sp³-hybridized carbons (Fsp3) is 0.296. The number of ether oxygens (including phenoxy) is 3. The van der Waals surface area contributed by atoms with Crippen molar-refractivity contribution in [3.63, 3.8) is 0 Å². The normalized spacial score (nSPS) is 11.3. The van der Waals surface area contributed by atoms with Gasteiger partial charge in [0.15, 0.2) is 11.5 Å². The van der Waals surface area contributed by atoms with E-state index in [-0.39, 0.29) is 23.5 Å². The van der Waals surface area contributed by atoms with Crippen LogP contribution >= 0.6 is 0 Å². The molecular formula is C27H31FN2O6S. The van der Waals surface area contributed by atoms with Gasteiger partial charge in [-0.3, -0.25) is 4.79 Å². The fourth-order valence-corrected chi connectivity index (χ4v) is 5.13. The quantitative estimate of drug-likeness (QED) is 0.373. The highest BCUT2D eigenvalue weighted by Gasteiger charge is 2.29. The van der Waals surface area contributed by atoms with Crippen LogP contribution in [0.5, 0.6) is 17.2 Å². The third-order valence-electron chi connectivity index (χ3n) is 5.84. The van der Waals surface area contributed by atoms with Crippen LogP contribution in [0.2, 0.25) is 0 Å². The highest BCUT2D eigenvalue weighted by Crippen LogP contribution is 2.38. The summed E-state index contributed by atoms with van der Waals surface area (Å²) in [6.07, 6.45) is 0. The second-order valence-corrected chi connectivity index (χ2v) is 10.4. The second-order valence-electron chi connectivity index (χ2n) is 8.46. The molecule has 37 heavy (non-hydrogen) atoms. The van der Waals surface area contributed by atoms with Crippen LogP contribution in [0.1, 0.15) is 16.7 Å². The van der Waals surface area contributed by atoms with Gasteiger partial charge in [-0.05, 0) is 42.8 Å². The molecule has 0 aromatic heterocycles. The van der Waals surface area contributed by atoms with Crippen molar-refractivity contribution in [2.45, 2.75) is 24.9 Å². The molecule has 198 valence electrons. The first-order valence-corrected chi connectivity index (χ1v) is 12.9. The first-order valence-electron chi connectivity index (χ1n) is 11.4. The maximum atomic E-state index is 14.4. The van der Waals surface area contributed by atoms with Crippen molar-refractivity contribution in [3.8, 4) is 17.2 Å². The molecule has 3 rings (SSSR count). The number of hydrogen-bond acceptors (Lipinski definition) is 6. The molecule has 0 radical (unpaired) electrons. The van der Waals surface area contributed by atoms with Crippen LogP contribution in [0.15, 0.2) is 65.6 Å². The van der Waals surface area contributed by atoms with Crippen LogP contribution in [-0.4, -0.2) is 58.5 Å². The van der Waals surface area contributed by atoms with Crippen LogP contribution in [0, 0.1) is 12.7 Å². The van der Waals surface area contributed by atoms with Gasteiger partial charge in [-0.25, -0.2) is 12.8 Å². The minimum Gasteiger partial charge on any atom is -0.493 e. The van der Waals surface area contributed by atoms with Gasteiger partial charge in [-0.15, -0.1) is 0 Å². The minimum absolute atomic E-state index is 0.0227. The van der Waals surface area contributed by atoms with E-state index in [1.54, 1.807) is 37.4 Å². The minimum atomic E-state index is -4.10. The molecule has 10 heteroatoms. The van der Waals surface area contributed by atoms with E-state index < -0.39 is 28.3 Å². The Bertz CT molecular complexity index is 1320. The monoisotopic (exact) mass is 530 g/mol. The summed E-state index contributed by atoms with van der Waals surface area (Å²) in [5, 5.41) is 0. The van der Waals surface area contributed by atoms with E-state index in [1.807, 2.05) is 6.92 Å². The predicted molar refractivity (Wildman–Crippen MR) is 138 cm³/mol. The van der Waals surface area contributed by atoms with E-state index >= 15 is 0 Å². The molecule has 0 aliphatic heterocycles. The number of halogens is 1. The van der Waals surface area contributed by atoms with Crippen molar-refractivity contribution < 1.29 is 31.8 Å². The molecular weight excluding hydrogens is 499 g/mol. The summed E-state index contributed by atoms with van der Waals surface area (Å²) in [6, 6.07) is 15.6. The molecule has 3 aromatic carbocycles. The van der Waals surface area contributed by atoms with Crippen LogP contribution in [0.25, 0.3) is 0 Å². The third-order valence-corrected chi connectivity index (χ3v) is 7.65. The lowest BCUT2D eigenvalue weighted by molar-refractivity contribution is -0.130. The van der Waals surface area contributed by atoms with Gasteiger partial charge in [0, 0.05) is 25.7 Å². The summed E-state index contributed by atoms with van der Waals surface area (Å²) in [7, 11) is 1.94. The summed E-state index contributed by atoms with van der Waals surface area (Å²) < 4.78 is 58.5. The summed E-state index contributed by atoms with van der Waals surface area (Å²) in [5.74, 6) is 0.259. The van der Waals surface area contributed by atoms with E-state index in [0.29, 0.717) is 22.8 Å². The SMILES string of the molecule is COc1cc(CN(C)C(=O)CN(Cc2ccccc2F)S(=O)(=O)c2ccc(C)cc2)cc(OC)c1OC. The molecule has 0 aliphatic rings. The smallest absolute Gasteiger partial charge is 0.243 e. The zero-order valence-corrected chi connectivity index (χ0v) is 22.3. The maximum Gasteiger partial charge on any atom is 0.243 e. The number of carbonyl (C=O) groups excluding carboxylic acids is 1. The molecule has 0 atom stereocenters. The van der Waals surface area contributed by atoms with Gasteiger partial charge in [0.2, 0.25) is 21.7 Å². The molecule has 0 aliphatic carbocycles. The molecule has 0 saturated carbocycles. The topological polar surface area (TPSA) is 85.4 Å². The van der Waals surface area contributed by atoms with Crippen molar-refractivity contribution in [1.29, 1.82) is 0 Å². The Balaban J connectivity index is 1.88. The Labute approximate surface area is 217 Å². The predicted octanol–water partition coefficient (Wildman–Crippen LogP) is 4.01. The number of amides is 1. The van der Waals surface area contributed by atoms with E-state index in [2.05, 4.69) is 0 Å². The van der Waals surface area contributed by atoms with E-state index in [0.717, 1.165) is 9.87 Å². The number of carbonyl (C=O) groups is 1. The van der Waals surface area contributed by atoms with Crippen molar-refractivity contribution in [3.05, 3.63) is 83.2 Å². The van der Waals surface area contributed by atoms with E-state index in [1.165, 1.54) is 56.6 Å². The number of rotatable bonds is 11. The summed E-state index contributed by atoms with van der Waals surface area (Å²) >= 11 is 0. The molecule has 0 saturated heterocycles. The molecule has 8 nitrogen and oxygen atoms in total. The largest absolute Gasteiger partial charge is 0.493 e. The van der Waals surface area contributed by atoms with E-state index in [9.17, 15) is 17.6 Å². The van der Waals surface area contributed by atoms with Crippen LogP contribution in [0.3, 0.4) is 0 Å². The van der Waals surface area contributed by atoms with Gasteiger partial charge in [-0.1, -0.05) is 35.9 Å². The lowest BCUT2D eigenvalue weighted by Crippen LogP contribution is -2.41. The Hall–Kier alpha value is -3.63. The van der Waals surface area contributed by atoms with Gasteiger partial charge in [0.05, 0.1) is 32.8 Å². The number of nitrogens with zero attached hydrogens (tertiary/aromatic N) is 2. The summed E-state index contributed by atoms with van der Waals surface area (Å²) in [5.41, 5.74) is 1.74. The van der Waals surface area contributed by atoms with Crippen molar-refractivity contribution in [1.82, 2.24) is 9.21 Å². The molecule has 0 spiro atoms. The number of sulfonamides is 1. The zero-order valence-electron chi connectivity index (χ0n) is 21.5. The van der Waals surface area contributed by atoms with E-state index in [4.69, 9.17) is 14.2 Å². The van der Waals surface area contributed by atoms with Crippen LogP contribution in [0.4, 0.5) is 4.39 Å². The number of likely N-dealkylation sites (N-methyl/N-ethyl adjacent to an activating group) is 1. The molecule has 3 aromatic rings. The van der Waals surface area contributed by atoms with Gasteiger partial charge in [0.25, 0.3) is 0 Å². The molecule has 0 unspecified atom stereocenters. The number of aryl methyl sites for hydroxylation is 1. The van der Waals surface area contributed by atoms with Crippen LogP contribution in [-0.2, 0) is 27.9 Å². The average molecular weight is 531 g/mol. The summed E-state index contributed by atoms with van der Waals surface area (Å²) in [4.78, 5) is 14.6. The fourth-order valence-electron chi connectivity index (χ4n) is 3.76. The Morgan fingerprint density at radius 1 is 0.892 bits per heavy atom. The standard InChI is InChI=1S/C27H31FN2O6S/c1-19-10-12-22(13-11-19)37(32,33)30(17-21-8-6-7-9-23(21)28)18-26(31)29(2)16-20-14-24(34-3)27(36-5)25(15-20)35-4/h6-15H,16-18H2,1-5H3. The first kappa shape index (κ1) is 27.9. The lowest BCUT2D eigenvalue weighted by Gasteiger charge is -2.25. The highest BCUT2D eigenvalue weighted by molar-refractivity contribution is 7.89. The van der Waals surface area contributed by atoms with Crippen molar-refractivity contribution in [2.24, 2.45) is 0 Å². The zero-order chi connectivity index (χ0) is 27.2. The molecule has 0 heterocycles. The summed E-state index contributed by atoms with van der Waals surface area (Å²) in [6.45, 7) is 1.21. The maximum absolute atomic E-state index is 14.4. The van der Waals surface area contributed by atoms with Gasteiger partial charge < -0.3 is 19.1 Å². The van der Waals surface area contributed by atoms with Crippen LogP contribution < -0.4 is 14.2 Å². The molecule has 0 bridgehead atoms. The lowest BCUT2D eigenvalue weighted by atomic mass is 10.1. The van der Waals surface area contributed by atoms with Crippen molar-refractivity contribution in [2.75, 3.05) is 34.9 Å². The molecule has 0 fully saturated rings. The Kier molecular flexibility index (Phi) is 9.12. The second kappa shape index (κ2) is 12.1. The first-order chi connectivity index (χ1) is 17.6. The highest BCUT2D eigenvalue weighted by atomic mass is 32.2. The van der Waals surface area contributed by atoms with Gasteiger partial charge >= 0.3 is 0 Å². The van der Waals surface area contributed by atoms with Crippen molar-refractivity contribution >= 4 is 15.9 Å². The third kappa shape index (κ3) is 6.58. The number of benzene rings is 3. The average Bonchev–Trinajstić information content (AvgIpc) is 2.88.